The summed E-state index contributed by atoms with van der Waals surface area (Å²) >= 11 is 0. The maximum absolute atomic E-state index is 2.38. The minimum atomic E-state index is 1.11. The first-order valence-electron chi connectivity index (χ1n) is 18.1. The summed E-state index contributed by atoms with van der Waals surface area (Å²) in [6, 6.07) is 74.0. The van der Waals surface area contributed by atoms with E-state index in [1.165, 1.54) is 55.0 Å². The Balaban J connectivity index is 1.03. The Bertz CT molecular complexity index is 2850. The van der Waals surface area contributed by atoms with Gasteiger partial charge in [-0.1, -0.05) is 127 Å². The molecule has 0 bridgehead atoms. The van der Waals surface area contributed by atoms with Crippen molar-refractivity contribution in [2.45, 2.75) is 0 Å². The van der Waals surface area contributed by atoms with E-state index < -0.39 is 0 Å². The third-order valence-electron chi connectivity index (χ3n) is 10.3. The van der Waals surface area contributed by atoms with Crippen molar-refractivity contribution in [2.24, 2.45) is 0 Å². The van der Waals surface area contributed by atoms with Gasteiger partial charge in [-0.3, -0.25) is 0 Å². The molecule has 0 saturated heterocycles. The van der Waals surface area contributed by atoms with E-state index >= 15 is 0 Å². The Morgan fingerprint density at radius 2 is 0.943 bits per heavy atom. The Kier molecular flexibility index (Phi) is 7.47. The van der Waals surface area contributed by atoms with Gasteiger partial charge < -0.3 is 14.0 Å². The van der Waals surface area contributed by atoms with Gasteiger partial charge in [-0.05, 0) is 101 Å². The van der Waals surface area contributed by atoms with Crippen LogP contribution in [0.2, 0.25) is 0 Å². The number of benzene rings is 8. The summed E-state index contributed by atoms with van der Waals surface area (Å²) in [4.78, 5) is 2.33. The van der Waals surface area contributed by atoms with Crippen LogP contribution in [0.3, 0.4) is 0 Å². The third-order valence-corrected chi connectivity index (χ3v) is 10.3. The van der Waals surface area contributed by atoms with Crippen LogP contribution in [0, 0.1) is 0 Å². The topological polar surface area (TPSA) is 13.1 Å². The van der Waals surface area contributed by atoms with Crippen molar-refractivity contribution in [3.05, 3.63) is 212 Å². The predicted molar refractivity (Wildman–Crippen MR) is 223 cm³/mol. The van der Waals surface area contributed by atoms with Gasteiger partial charge in [-0.15, -0.1) is 0 Å². The quantitative estimate of drug-likeness (QED) is 0.164. The molecule has 0 spiro atoms. The number of hydrogen-bond acceptors (Lipinski definition) is 1. The number of fused-ring (bicyclic) bond motifs is 5. The van der Waals surface area contributed by atoms with Crippen LogP contribution in [0.4, 0.5) is 17.1 Å². The Morgan fingerprint density at radius 3 is 1.72 bits per heavy atom. The first kappa shape index (κ1) is 30.7. The molecule has 0 fully saturated rings. The number of anilines is 3. The molecule has 10 rings (SSSR count). The number of hydrogen-bond donors (Lipinski definition) is 0. The highest BCUT2D eigenvalue weighted by molar-refractivity contribution is 6.20. The molecule has 0 aliphatic rings. The van der Waals surface area contributed by atoms with Crippen molar-refractivity contribution in [2.75, 3.05) is 4.90 Å². The van der Waals surface area contributed by atoms with Crippen molar-refractivity contribution >= 4 is 49.8 Å². The van der Waals surface area contributed by atoms with Crippen molar-refractivity contribution in [1.82, 2.24) is 9.13 Å². The number of aromatic nitrogens is 2. The second kappa shape index (κ2) is 12.9. The van der Waals surface area contributed by atoms with Crippen LogP contribution in [-0.4, -0.2) is 9.13 Å². The molecule has 0 amide bonds. The molecule has 2 aromatic heterocycles. The third kappa shape index (κ3) is 5.38. The lowest BCUT2D eigenvalue weighted by atomic mass is 10.0. The van der Waals surface area contributed by atoms with Crippen LogP contribution in [0.1, 0.15) is 0 Å². The van der Waals surface area contributed by atoms with Gasteiger partial charge >= 0.3 is 0 Å². The number of nitrogens with zero attached hydrogens (tertiary/aromatic N) is 3. The molecule has 10 aromatic rings. The SMILES string of the molecule is c1ccc(-c2ccc(N(c3ccccc3)c3cccc(-c4ccc(-n5ccc6ccc7c(c8ccccc8n7-c7ccccc7)c65)cc4)c3)cc2)cc1. The van der Waals surface area contributed by atoms with Crippen molar-refractivity contribution in [1.29, 1.82) is 0 Å². The fourth-order valence-corrected chi connectivity index (χ4v) is 7.85. The molecule has 0 radical (unpaired) electrons. The smallest absolute Gasteiger partial charge is 0.0628 e. The molecule has 3 nitrogen and oxygen atoms in total. The van der Waals surface area contributed by atoms with Gasteiger partial charge in [-0.2, -0.15) is 0 Å². The van der Waals surface area contributed by atoms with Crippen LogP contribution in [-0.2, 0) is 0 Å². The maximum atomic E-state index is 2.38. The Labute approximate surface area is 308 Å². The molecule has 8 aromatic carbocycles. The van der Waals surface area contributed by atoms with Crippen LogP contribution in [0.5, 0.6) is 0 Å². The zero-order valence-electron chi connectivity index (χ0n) is 29.0. The molecule has 3 heteroatoms. The minimum Gasteiger partial charge on any atom is -0.316 e. The van der Waals surface area contributed by atoms with Crippen LogP contribution < -0.4 is 4.90 Å². The largest absolute Gasteiger partial charge is 0.316 e. The lowest BCUT2D eigenvalue weighted by molar-refractivity contribution is 1.13. The van der Waals surface area contributed by atoms with Crippen molar-refractivity contribution in [3.63, 3.8) is 0 Å². The van der Waals surface area contributed by atoms with Crippen LogP contribution in [0.25, 0.3) is 66.3 Å². The summed E-state index contributed by atoms with van der Waals surface area (Å²) in [6.07, 6.45) is 2.20. The molecule has 0 atom stereocenters. The van der Waals surface area contributed by atoms with Crippen molar-refractivity contribution in [3.8, 4) is 33.6 Å². The van der Waals surface area contributed by atoms with Gasteiger partial charge in [-0.25, -0.2) is 0 Å². The first-order valence-corrected chi connectivity index (χ1v) is 18.1. The monoisotopic (exact) mass is 677 g/mol. The standard InChI is InChI=1S/C50H35N3/c1-4-13-36(14-5-1)37-25-30-44(31-26-37)52(42-16-6-2-7-17-42)45-20-12-15-40(35-45)38-23-28-41(29-24-38)51-34-33-39-27-32-48-49(50(39)51)46-21-10-11-22-47(46)53(48)43-18-8-3-9-19-43/h1-35H. The average Bonchev–Trinajstić information content (AvgIpc) is 3.82. The second-order valence-corrected chi connectivity index (χ2v) is 13.5. The van der Waals surface area contributed by atoms with E-state index in [-0.39, 0.29) is 0 Å². The molecule has 0 saturated carbocycles. The highest BCUT2D eigenvalue weighted by Crippen LogP contribution is 2.40. The summed E-state index contributed by atoms with van der Waals surface area (Å²) in [5.41, 5.74) is 14.0. The molecule has 2 heterocycles. The number of para-hydroxylation sites is 3. The Hall–Kier alpha value is -7.10. The summed E-state index contributed by atoms with van der Waals surface area (Å²) in [6.45, 7) is 0. The van der Waals surface area contributed by atoms with E-state index in [4.69, 9.17) is 0 Å². The van der Waals surface area contributed by atoms with E-state index in [0.717, 1.165) is 28.4 Å². The van der Waals surface area contributed by atoms with Gasteiger partial charge in [0.1, 0.15) is 0 Å². The minimum absolute atomic E-state index is 1.11. The summed E-state index contributed by atoms with van der Waals surface area (Å²) in [7, 11) is 0. The lowest BCUT2D eigenvalue weighted by Gasteiger charge is -2.26. The lowest BCUT2D eigenvalue weighted by Crippen LogP contribution is -2.09. The molecule has 0 unspecified atom stereocenters. The van der Waals surface area contributed by atoms with Gasteiger partial charge in [0, 0.05) is 50.8 Å². The molecule has 0 aliphatic carbocycles. The molecular weight excluding hydrogens is 643 g/mol. The summed E-state index contributed by atoms with van der Waals surface area (Å²) in [5, 5.41) is 3.74. The van der Waals surface area contributed by atoms with Gasteiger partial charge in [0.2, 0.25) is 0 Å². The van der Waals surface area contributed by atoms with E-state index in [2.05, 4.69) is 226 Å². The van der Waals surface area contributed by atoms with Crippen LogP contribution in [0.15, 0.2) is 212 Å². The molecule has 0 aliphatic heterocycles. The normalized spacial score (nSPS) is 11.4. The molecule has 250 valence electrons. The van der Waals surface area contributed by atoms with E-state index in [9.17, 15) is 0 Å². The van der Waals surface area contributed by atoms with Gasteiger partial charge in [0.15, 0.2) is 0 Å². The summed E-state index contributed by atoms with van der Waals surface area (Å²) < 4.78 is 4.73. The maximum Gasteiger partial charge on any atom is 0.0628 e. The van der Waals surface area contributed by atoms with Gasteiger partial charge in [0.25, 0.3) is 0 Å². The number of rotatable bonds is 7. The fourth-order valence-electron chi connectivity index (χ4n) is 7.85. The van der Waals surface area contributed by atoms with E-state index in [0.29, 0.717) is 0 Å². The fraction of sp³-hybridized carbons (Fsp3) is 0. The molecule has 53 heavy (non-hydrogen) atoms. The first-order chi connectivity index (χ1) is 26.3. The highest BCUT2D eigenvalue weighted by atomic mass is 15.1. The predicted octanol–water partition coefficient (Wildman–Crippen LogP) is 13.5. The Morgan fingerprint density at radius 1 is 0.358 bits per heavy atom. The highest BCUT2D eigenvalue weighted by Gasteiger charge is 2.18. The molecule has 0 N–H and O–H groups in total. The van der Waals surface area contributed by atoms with E-state index in [1.54, 1.807) is 0 Å². The van der Waals surface area contributed by atoms with E-state index in [1.807, 2.05) is 0 Å². The van der Waals surface area contributed by atoms with Gasteiger partial charge in [0.05, 0.1) is 16.6 Å². The zero-order valence-corrected chi connectivity index (χ0v) is 29.0. The summed E-state index contributed by atoms with van der Waals surface area (Å²) in [5.74, 6) is 0. The van der Waals surface area contributed by atoms with Crippen LogP contribution >= 0.6 is 0 Å². The average molecular weight is 678 g/mol. The molecular formula is C50H35N3. The van der Waals surface area contributed by atoms with Crippen molar-refractivity contribution < 1.29 is 0 Å². The zero-order chi connectivity index (χ0) is 35.1. The second-order valence-electron chi connectivity index (χ2n) is 13.5.